The summed E-state index contributed by atoms with van der Waals surface area (Å²) in [7, 11) is 0. The number of hydrogen-bond donors (Lipinski definition) is 0. The molecule has 0 N–H and O–H groups in total. The molecular weight excluding hydrogens is 219 g/mol. The molecule has 0 amide bonds. The molecular formula is C11H10F3NO. The number of rotatable bonds is 2. The third kappa shape index (κ3) is 3.16. The van der Waals surface area contributed by atoms with Crippen LogP contribution in [0.25, 0.3) is 0 Å². The first-order valence-corrected chi connectivity index (χ1v) is 4.62. The van der Waals surface area contributed by atoms with Crippen molar-refractivity contribution in [2.75, 3.05) is 0 Å². The van der Waals surface area contributed by atoms with E-state index in [-0.39, 0.29) is 17.4 Å². The van der Waals surface area contributed by atoms with Crippen LogP contribution in [0.3, 0.4) is 0 Å². The van der Waals surface area contributed by atoms with Gasteiger partial charge >= 0.3 is 6.18 Å². The van der Waals surface area contributed by atoms with Crippen LogP contribution in [0.2, 0.25) is 0 Å². The molecule has 1 aromatic rings. The van der Waals surface area contributed by atoms with Crippen LogP contribution in [0.15, 0.2) is 18.2 Å². The fourth-order valence-electron chi connectivity index (χ4n) is 1.17. The number of alkyl halides is 3. The lowest BCUT2D eigenvalue weighted by Gasteiger charge is -2.13. The Hall–Kier alpha value is -1.70. The van der Waals surface area contributed by atoms with Crippen LogP contribution in [0.4, 0.5) is 13.2 Å². The van der Waals surface area contributed by atoms with E-state index in [1.54, 1.807) is 19.9 Å². The second-order valence-electron chi connectivity index (χ2n) is 3.52. The Morgan fingerprint density at radius 3 is 2.31 bits per heavy atom. The minimum absolute atomic E-state index is 0.0568. The van der Waals surface area contributed by atoms with Gasteiger partial charge in [-0.25, -0.2) is 0 Å². The summed E-state index contributed by atoms with van der Waals surface area (Å²) in [4.78, 5) is 0. The molecule has 0 fully saturated rings. The molecule has 1 rings (SSSR count). The number of benzene rings is 1. The lowest BCUT2D eigenvalue weighted by Crippen LogP contribution is -2.09. The van der Waals surface area contributed by atoms with Gasteiger partial charge in [0.25, 0.3) is 0 Å². The summed E-state index contributed by atoms with van der Waals surface area (Å²) < 4.78 is 42.5. The number of nitriles is 1. The van der Waals surface area contributed by atoms with Gasteiger partial charge in [0.1, 0.15) is 5.75 Å². The smallest absolute Gasteiger partial charge is 0.416 e. The van der Waals surface area contributed by atoms with E-state index >= 15 is 0 Å². The second-order valence-corrected chi connectivity index (χ2v) is 3.52. The standard InChI is InChI=1S/C11H10F3NO/c1-7(2)16-10-4-8(6-15)3-9(5-10)11(12,13)14/h3-5,7H,1-2H3. The summed E-state index contributed by atoms with van der Waals surface area (Å²) in [6.07, 6.45) is -4.71. The minimum Gasteiger partial charge on any atom is -0.491 e. The molecule has 86 valence electrons. The Bertz CT molecular complexity index is 418. The quantitative estimate of drug-likeness (QED) is 0.778. The first-order chi connectivity index (χ1) is 7.32. The van der Waals surface area contributed by atoms with Crippen LogP contribution in [-0.4, -0.2) is 6.10 Å². The predicted molar refractivity (Wildman–Crippen MR) is 51.9 cm³/mol. The summed E-state index contributed by atoms with van der Waals surface area (Å²) in [6, 6.07) is 4.65. The summed E-state index contributed by atoms with van der Waals surface area (Å²) >= 11 is 0. The van der Waals surface area contributed by atoms with Crippen molar-refractivity contribution in [3.05, 3.63) is 29.3 Å². The predicted octanol–water partition coefficient (Wildman–Crippen LogP) is 3.36. The SMILES string of the molecule is CC(C)Oc1cc(C#N)cc(C(F)(F)F)c1. The van der Waals surface area contributed by atoms with Gasteiger partial charge in [0.05, 0.1) is 23.3 Å². The van der Waals surface area contributed by atoms with Gasteiger partial charge in [0.2, 0.25) is 0 Å². The van der Waals surface area contributed by atoms with Gasteiger partial charge in [0, 0.05) is 0 Å². The maximum atomic E-state index is 12.5. The first kappa shape index (κ1) is 12.4. The molecule has 0 aliphatic carbocycles. The molecule has 0 unspecified atom stereocenters. The molecule has 0 heterocycles. The molecule has 2 nitrogen and oxygen atoms in total. The molecule has 0 aromatic heterocycles. The van der Waals surface area contributed by atoms with Gasteiger partial charge in [-0.2, -0.15) is 18.4 Å². The van der Waals surface area contributed by atoms with E-state index < -0.39 is 11.7 Å². The van der Waals surface area contributed by atoms with Crippen molar-refractivity contribution < 1.29 is 17.9 Å². The summed E-state index contributed by atoms with van der Waals surface area (Å²) in [6.45, 7) is 3.40. The zero-order valence-electron chi connectivity index (χ0n) is 8.80. The molecule has 0 spiro atoms. The molecule has 0 radical (unpaired) electrons. The zero-order valence-corrected chi connectivity index (χ0v) is 8.80. The van der Waals surface area contributed by atoms with E-state index in [0.717, 1.165) is 12.1 Å². The topological polar surface area (TPSA) is 33.0 Å². The number of hydrogen-bond acceptors (Lipinski definition) is 2. The van der Waals surface area contributed by atoms with Crippen molar-refractivity contribution in [1.82, 2.24) is 0 Å². The monoisotopic (exact) mass is 229 g/mol. The van der Waals surface area contributed by atoms with Crippen molar-refractivity contribution in [2.45, 2.75) is 26.1 Å². The number of nitrogens with zero attached hydrogens (tertiary/aromatic N) is 1. The summed E-state index contributed by atoms with van der Waals surface area (Å²) in [5, 5.41) is 8.61. The largest absolute Gasteiger partial charge is 0.491 e. The van der Waals surface area contributed by atoms with E-state index in [1.807, 2.05) is 0 Å². The van der Waals surface area contributed by atoms with Crippen LogP contribution in [0.5, 0.6) is 5.75 Å². The molecule has 5 heteroatoms. The highest BCUT2D eigenvalue weighted by atomic mass is 19.4. The molecule has 0 bridgehead atoms. The van der Waals surface area contributed by atoms with E-state index in [1.165, 1.54) is 6.07 Å². The second kappa shape index (κ2) is 4.44. The minimum atomic E-state index is -4.47. The Labute approximate surface area is 91.3 Å². The average Bonchev–Trinajstić information content (AvgIpc) is 2.14. The Morgan fingerprint density at radius 2 is 1.88 bits per heavy atom. The number of ether oxygens (including phenoxy) is 1. The number of halogens is 3. The third-order valence-electron chi connectivity index (χ3n) is 1.73. The molecule has 0 atom stereocenters. The normalized spacial score (nSPS) is 11.3. The van der Waals surface area contributed by atoms with Crippen molar-refractivity contribution in [1.29, 1.82) is 5.26 Å². The van der Waals surface area contributed by atoms with Crippen molar-refractivity contribution in [3.63, 3.8) is 0 Å². The molecule has 1 aromatic carbocycles. The van der Waals surface area contributed by atoms with Gasteiger partial charge in [-0.3, -0.25) is 0 Å². The summed E-state index contributed by atoms with van der Waals surface area (Å²) in [5.74, 6) is 0.0568. The first-order valence-electron chi connectivity index (χ1n) is 4.62. The molecule has 0 saturated carbocycles. The highest BCUT2D eigenvalue weighted by Gasteiger charge is 2.31. The van der Waals surface area contributed by atoms with Gasteiger partial charge in [0.15, 0.2) is 0 Å². The van der Waals surface area contributed by atoms with Crippen molar-refractivity contribution in [2.24, 2.45) is 0 Å². The highest BCUT2D eigenvalue weighted by Crippen LogP contribution is 2.32. The molecule has 0 saturated heterocycles. The lowest BCUT2D eigenvalue weighted by atomic mass is 10.1. The van der Waals surface area contributed by atoms with Crippen LogP contribution in [0.1, 0.15) is 25.0 Å². The third-order valence-corrected chi connectivity index (χ3v) is 1.73. The molecule has 0 aliphatic rings. The summed E-state index contributed by atoms with van der Waals surface area (Å²) in [5.41, 5.74) is -0.937. The van der Waals surface area contributed by atoms with E-state index in [9.17, 15) is 13.2 Å². The lowest BCUT2D eigenvalue weighted by molar-refractivity contribution is -0.137. The maximum Gasteiger partial charge on any atom is 0.416 e. The Morgan fingerprint density at radius 1 is 1.25 bits per heavy atom. The van der Waals surface area contributed by atoms with Gasteiger partial charge in [-0.1, -0.05) is 0 Å². The van der Waals surface area contributed by atoms with Crippen molar-refractivity contribution >= 4 is 0 Å². The van der Waals surface area contributed by atoms with E-state index in [2.05, 4.69) is 0 Å². The molecule has 16 heavy (non-hydrogen) atoms. The zero-order chi connectivity index (χ0) is 12.3. The maximum absolute atomic E-state index is 12.5. The van der Waals surface area contributed by atoms with E-state index in [4.69, 9.17) is 10.00 Å². The van der Waals surface area contributed by atoms with Crippen LogP contribution < -0.4 is 4.74 Å². The Kier molecular flexibility index (Phi) is 3.43. The van der Waals surface area contributed by atoms with Crippen LogP contribution in [-0.2, 0) is 6.18 Å². The average molecular weight is 229 g/mol. The fourth-order valence-corrected chi connectivity index (χ4v) is 1.17. The van der Waals surface area contributed by atoms with Gasteiger partial charge in [-0.05, 0) is 32.0 Å². The van der Waals surface area contributed by atoms with Gasteiger partial charge < -0.3 is 4.74 Å². The fraction of sp³-hybridized carbons (Fsp3) is 0.364. The van der Waals surface area contributed by atoms with Crippen molar-refractivity contribution in [3.8, 4) is 11.8 Å². The Balaban J connectivity index is 3.17. The molecule has 0 aliphatic heterocycles. The van der Waals surface area contributed by atoms with E-state index in [0.29, 0.717) is 0 Å². The highest BCUT2D eigenvalue weighted by molar-refractivity contribution is 5.41. The van der Waals surface area contributed by atoms with Gasteiger partial charge in [-0.15, -0.1) is 0 Å². The van der Waals surface area contributed by atoms with Crippen LogP contribution >= 0.6 is 0 Å². The van der Waals surface area contributed by atoms with Crippen LogP contribution in [0, 0.1) is 11.3 Å².